The number of nitrogens with one attached hydrogen (secondary N) is 1. The van der Waals surface area contributed by atoms with Gasteiger partial charge in [0.15, 0.2) is 5.78 Å². The Morgan fingerprint density at radius 2 is 1.74 bits per heavy atom. The van der Waals surface area contributed by atoms with E-state index in [2.05, 4.69) is 37.2 Å². The monoisotopic (exact) mass is 647 g/mol. The Labute approximate surface area is 239 Å². The molecule has 4 amide bonds. The minimum absolute atomic E-state index is 0.00320. The summed E-state index contributed by atoms with van der Waals surface area (Å²) in [6.45, 7) is 2.87. The number of hydrogen-bond acceptors (Lipinski definition) is 5. The zero-order valence-electron chi connectivity index (χ0n) is 21.4. The number of likely N-dealkylation sites (tertiary alicyclic amines) is 1. The second kappa shape index (κ2) is 11.9. The third-order valence-electron chi connectivity index (χ3n) is 7.39. The van der Waals surface area contributed by atoms with E-state index in [9.17, 15) is 19.2 Å². The first-order valence-corrected chi connectivity index (χ1v) is 14.1. The maximum atomic E-state index is 13.6. The molecule has 11 heteroatoms. The normalized spacial score (nSPS) is 16.8. The maximum Gasteiger partial charge on any atom is 0.322 e. The van der Waals surface area contributed by atoms with Crippen LogP contribution in [0.3, 0.4) is 0 Å². The van der Waals surface area contributed by atoms with Crippen molar-refractivity contribution in [1.29, 1.82) is 0 Å². The van der Waals surface area contributed by atoms with Crippen LogP contribution in [0, 0.1) is 0 Å². The highest BCUT2D eigenvalue weighted by atomic mass is 79.9. The summed E-state index contributed by atoms with van der Waals surface area (Å²) in [6.07, 6.45) is 1.86. The number of fused-ring (bicyclic) bond motifs is 1. The molecule has 1 fully saturated rings. The predicted molar refractivity (Wildman–Crippen MR) is 153 cm³/mol. The standard InChI is InChI=1S/C27H31Br2N5O4/c1-16(35)32(2)23(15-24(36)18-13-20(28)25(30)21(29)14-18)26(37)33-10-8-19(9-11-33)34-12-7-17-5-3-4-6-22(17)31-27(34)38/h3-6,13-14,19,23H,7-12,15,30H2,1-2H3,(H,31,38)/t23-/m0/s1. The van der Waals surface area contributed by atoms with Crippen LogP contribution in [0.5, 0.6) is 0 Å². The Hall–Kier alpha value is -2.92. The molecule has 2 aromatic rings. The molecule has 0 radical (unpaired) electrons. The SMILES string of the molecule is CC(=O)N(C)[C@@H](CC(=O)c1cc(Br)c(N)c(Br)c1)C(=O)N1CCC(N2CCc3ccccc3NC2=O)CC1. The molecule has 0 bridgehead atoms. The van der Waals surface area contributed by atoms with Gasteiger partial charge in [-0.15, -0.1) is 0 Å². The molecule has 2 aliphatic heterocycles. The molecule has 0 spiro atoms. The van der Waals surface area contributed by atoms with Gasteiger partial charge in [0.2, 0.25) is 11.8 Å². The number of urea groups is 1. The first-order valence-electron chi connectivity index (χ1n) is 12.5. The van der Waals surface area contributed by atoms with Gasteiger partial charge in [-0.05, 0) is 74.9 Å². The van der Waals surface area contributed by atoms with Gasteiger partial charge in [-0.3, -0.25) is 14.4 Å². The van der Waals surface area contributed by atoms with E-state index in [1.54, 1.807) is 24.1 Å². The van der Waals surface area contributed by atoms with E-state index in [1.807, 2.05) is 29.2 Å². The summed E-state index contributed by atoms with van der Waals surface area (Å²) >= 11 is 6.70. The molecule has 4 rings (SSSR count). The number of nitrogens with two attached hydrogens (primary N) is 1. The number of para-hydroxylation sites is 1. The molecule has 1 atom stereocenters. The maximum absolute atomic E-state index is 13.6. The highest BCUT2D eigenvalue weighted by Gasteiger charge is 2.36. The van der Waals surface area contributed by atoms with Crippen molar-refractivity contribution in [3.63, 3.8) is 0 Å². The topological polar surface area (TPSA) is 116 Å². The summed E-state index contributed by atoms with van der Waals surface area (Å²) in [7, 11) is 1.54. The van der Waals surface area contributed by atoms with Crippen LogP contribution in [0.2, 0.25) is 0 Å². The van der Waals surface area contributed by atoms with E-state index < -0.39 is 6.04 Å². The van der Waals surface area contributed by atoms with Crippen molar-refractivity contribution in [2.45, 2.75) is 44.7 Å². The number of amides is 4. The number of anilines is 2. The summed E-state index contributed by atoms with van der Waals surface area (Å²) in [5, 5.41) is 3.01. The lowest BCUT2D eigenvalue weighted by Gasteiger charge is -2.40. The van der Waals surface area contributed by atoms with Gasteiger partial charge >= 0.3 is 6.03 Å². The average Bonchev–Trinajstić information content (AvgIpc) is 3.07. The molecule has 2 heterocycles. The van der Waals surface area contributed by atoms with Crippen molar-refractivity contribution < 1.29 is 19.2 Å². The molecule has 38 heavy (non-hydrogen) atoms. The zero-order chi connectivity index (χ0) is 27.6. The van der Waals surface area contributed by atoms with E-state index in [-0.39, 0.29) is 36.1 Å². The van der Waals surface area contributed by atoms with E-state index in [0.717, 1.165) is 17.7 Å². The van der Waals surface area contributed by atoms with Crippen molar-refractivity contribution in [3.8, 4) is 0 Å². The molecule has 2 aromatic carbocycles. The summed E-state index contributed by atoms with van der Waals surface area (Å²) in [5.41, 5.74) is 8.75. The zero-order valence-corrected chi connectivity index (χ0v) is 24.5. The summed E-state index contributed by atoms with van der Waals surface area (Å²) in [6, 6.07) is 9.99. The molecule has 202 valence electrons. The van der Waals surface area contributed by atoms with E-state index in [0.29, 0.717) is 52.7 Å². The Bertz CT molecular complexity index is 1240. The van der Waals surface area contributed by atoms with Gasteiger partial charge in [0.25, 0.3) is 0 Å². The van der Waals surface area contributed by atoms with Crippen LogP contribution in [0.25, 0.3) is 0 Å². The molecule has 2 aliphatic rings. The molecule has 3 N–H and O–H groups in total. The average molecular weight is 649 g/mol. The van der Waals surface area contributed by atoms with Gasteiger partial charge in [0.05, 0.1) is 5.69 Å². The number of carbonyl (C=O) groups is 4. The second-order valence-electron chi connectivity index (χ2n) is 9.71. The fraction of sp³-hybridized carbons (Fsp3) is 0.407. The number of Topliss-reactive ketones (excluding diaryl/α,β-unsaturated/α-hetero) is 1. The van der Waals surface area contributed by atoms with Crippen molar-refractivity contribution in [1.82, 2.24) is 14.7 Å². The van der Waals surface area contributed by atoms with Gasteiger partial charge in [-0.2, -0.15) is 0 Å². The second-order valence-corrected chi connectivity index (χ2v) is 11.4. The summed E-state index contributed by atoms with van der Waals surface area (Å²) in [5.74, 6) is -0.837. The Balaban J connectivity index is 1.43. The fourth-order valence-electron chi connectivity index (χ4n) is 4.99. The minimum atomic E-state index is -0.928. The van der Waals surface area contributed by atoms with Gasteiger partial charge in [-0.1, -0.05) is 18.2 Å². The predicted octanol–water partition coefficient (Wildman–Crippen LogP) is 4.29. The molecule has 0 unspecified atom stereocenters. The van der Waals surface area contributed by atoms with Crippen LogP contribution in [-0.2, 0) is 16.0 Å². The quantitative estimate of drug-likeness (QED) is 0.358. The molecular formula is C27H31Br2N5O4. The van der Waals surface area contributed by atoms with Gasteiger partial charge in [0, 0.05) is 66.3 Å². The van der Waals surface area contributed by atoms with Gasteiger partial charge < -0.3 is 25.8 Å². The van der Waals surface area contributed by atoms with Crippen molar-refractivity contribution in [2.24, 2.45) is 0 Å². The first kappa shape index (κ1) is 28.1. The molecule has 0 aliphatic carbocycles. The lowest BCUT2D eigenvalue weighted by Crippen LogP contribution is -2.54. The van der Waals surface area contributed by atoms with Gasteiger partial charge in [0.1, 0.15) is 6.04 Å². The number of nitrogen functional groups attached to an aromatic ring is 1. The van der Waals surface area contributed by atoms with Crippen LogP contribution in [0.1, 0.15) is 42.1 Å². The third-order valence-corrected chi connectivity index (χ3v) is 8.70. The minimum Gasteiger partial charge on any atom is -0.397 e. The Morgan fingerprint density at radius 3 is 2.37 bits per heavy atom. The van der Waals surface area contributed by atoms with Crippen LogP contribution < -0.4 is 11.1 Å². The number of piperidine rings is 1. The lowest BCUT2D eigenvalue weighted by atomic mass is 9.98. The Kier molecular flexibility index (Phi) is 8.77. The molecule has 1 saturated heterocycles. The summed E-state index contributed by atoms with van der Waals surface area (Å²) in [4.78, 5) is 56.8. The van der Waals surface area contributed by atoms with Gasteiger partial charge in [-0.25, -0.2) is 4.79 Å². The highest BCUT2D eigenvalue weighted by molar-refractivity contribution is 9.11. The van der Waals surface area contributed by atoms with E-state index >= 15 is 0 Å². The number of nitrogens with zero attached hydrogens (tertiary/aromatic N) is 3. The smallest absolute Gasteiger partial charge is 0.322 e. The number of rotatable bonds is 6. The van der Waals surface area contributed by atoms with E-state index in [1.165, 1.54) is 11.8 Å². The van der Waals surface area contributed by atoms with Crippen LogP contribution >= 0.6 is 31.9 Å². The fourth-order valence-corrected chi connectivity index (χ4v) is 6.18. The van der Waals surface area contributed by atoms with Crippen LogP contribution in [0.15, 0.2) is 45.3 Å². The molecule has 0 aromatic heterocycles. The summed E-state index contributed by atoms with van der Waals surface area (Å²) < 4.78 is 1.14. The number of hydrogen-bond donors (Lipinski definition) is 2. The van der Waals surface area contributed by atoms with E-state index in [4.69, 9.17) is 5.73 Å². The van der Waals surface area contributed by atoms with Crippen molar-refractivity contribution in [2.75, 3.05) is 37.7 Å². The highest BCUT2D eigenvalue weighted by Crippen LogP contribution is 2.31. The number of benzene rings is 2. The van der Waals surface area contributed by atoms with Crippen molar-refractivity contribution in [3.05, 3.63) is 56.5 Å². The molecule has 9 nitrogen and oxygen atoms in total. The number of halogens is 2. The molecule has 0 saturated carbocycles. The van der Waals surface area contributed by atoms with Crippen molar-refractivity contribution >= 4 is 66.9 Å². The van der Waals surface area contributed by atoms with Crippen LogP contribution in [0.4, 0.5) is 16.2 Å². The lowest BCUT2D eigenvalue weighted by molar-refractivity contribution is -0.144. The number of likely N-dealkylation sites (N-methyl/N-ethyl adjacent to an activating group) is 1. The largest absolute Gasteiger partial charge is 0.397 e. The third kappa shape index (κ3) is 6.04. The Morgan fingerprint density at radius 1 is 1.11 bits per heavy atom. The number of carbonyl (C=O) groups excluding carboxylic acids is 4. The number of ketones is 1. The first-order chi connectivity index (χ1) is 18.1. The van der Waals surface area contributed by atoms with Crippen LogP contribution in [-0.4, -0.2) is 77.1 Å². The molecular weight excluding hydrogens is 618 g/mol.